The summed E-state index contributed by atoms with van der Waals surface area (Å²) in [6.07, 6.45) is 1.56. The van der Waals surface area contributed by atoms with E-state index in [1.54, 1.807) is 10.6 Å². The Morgan fingerprint density at radius 1 is 1.67 bits per heavy atom. The highest BCUT2D eigenvalue weighted by atomic mass is 79.9. The van der Waals surface area contributed by atoms with Crippen LogP contribution in [0.4, 0.5) is 5.69 Å². The Hall–Kier alpha value is -0.690. The molecule has 2 heterocycles. The molecular weight excluding hydrogens is 332 g/mol. The third-order valence-corrected chi connectivity index (χ3v) is 2.76. The predicted molar refractivity (Wildman–Crippen MR) is 51.5 cm³/mol. The van der Waals surface area contributed by atoms with Gasteiger partial charge >= 0.3 is 11.6 Å². The molecule has 0 aliphatic carbocycles. The second-order valence-corrected chi connectivity index (χ2v) is 3.68. The minimum Gasteiger partial charge on any atom is -1.00 e. The standard InChI is InChI=1S/C8H8BrN2O3.BrH/c9-3-7-5-10-4-6(11(12)13)1-2-8(10)14-7;/h1-2,4,7H,3,5H2;1H/q+1;/p-1. The monoisotopic (exact) mass is 338 g/mol. The predicted octanol–water partition coefficient (Wildman–Crippen LogP) is -1.96. The summed E-state index contributed by atoms with van der Waals surface area (Å²) in [6.45, 7) is 0.655. The number of pyridine rings is 1. The molecule has 0 radical (unpaired) electrons. The molecule has 0 spiro atoms. The van der Waals surface area contributed by atoms with E-state index in [-0.39, 0.29) is 28.8 Å². The summed E-state index contributed by atoms with van der Waals surface area (Å²) in [4.78, 5) is 10.1. The smallest absolute Gasteiger partial charge is 0.368 e. The molecule has 1 aliphatic heterocycles. The van der Waals surface area contributed by atoms with Crippen LogP contribution in [-0.2, 0) is 6.54 Å². The van der Waals surface area contributed by atoms with Crippen LogP contribution < -0.4 is 26.3 Å². The van der Waals surface area contributed by atoms with Gasteiger partial charge in [-0.25, -0.2) is 0 Å². The summed E-state index contributed by atoms with van der Waals surface area (Å²) in [7, 11) is 0. The van der Waals surface area contributed by atoms with Gasteiger partial charge in [0.25, 0.3) is 0 Å². The molecule has 15 heavy (non-hydrogen) atoms. The van der Waals surface area contributed by atoms with Gasteiger partial charge < -0.3 is 21.7 Å². The van der Waals surface area contributed by atoms with E-state index >= 15 is 0 Å². The molecule has 0 bridgehead atoms. The number of hydrogen-bond acceptors (Lipinski definition) is 3. The lowest BCUT2D eigenvalue weighted by atomic mass is 10.4. The number of nitrogens with zero attached hydrogens (tertiary/aromatic N) is 2. The molecule has 1 aromatic heterocycles. The molecule has 5 nitrogen and oxygen atoms in total. The lowest BCUT2D eigenvalue weighted by Crippen LogP contribution is -3.00. The molecule has 1 unspecified atom stereocenters. The molecule has 0 amide bonds. The molecule has 2 rings (SSSR count). The van der Waals surface area contributed by atoms with Crippen LogP contribution in [-0.4, -0.2) is 16.4 Å². The summed E-state index contributed by atoms with van der Waals surface area (Å²) in [5.41, 5.74) is 0.0903. The van der Waals surface area contributed by atoms with Crippen LogP contribution in [0.3, 0.4) is 0 Å². The van der Waals surface area contributed by atoms with Crippen molar-refractivity contribution in [3.05, 3.63) is 28.4 Å². The average molecular weight is 340 g/mol. The van der Waals surface area contributed by atoms with Crippen molar-refractivity contribution >= 4 is 21.6 Å². The quantitative estimate of drug-likeness (QED) is 0.272. The van der Waals surface area contributed by atoms with E-state index in [2.05, 4.69) is 15.9 Å². The van der Waals surface area contributed by atoms with Crippen molar-refractivity contribution in [1.82, 2.24) is 0 Å². The van der Waals surface area contributed by atoms with Crippen LogP contribution in [0.1, 0.15) is 0 Å². The zero-order valence-electron chi connectivity index (χ0n) is 7.60. The van der Waals surface area contributed by atoms with Gasteiger partial charge in [0, 0.05) is 11.4 Å². The number of hydrogen-bond donors (Lipinski definition) is 0. The number of halogens is 2. The van der Waals surface area contributed by atoms with Crippen LogP contribution in [0, 0.1) is 10.1 Å². The molecule has 0 saturated heterocycles. The van der Waals surface area contributed by atoms with Gasteiger partial charge in [-0.2, -0.15) is 4.57 Å². The largest absolute Gasteiger partial charge is 1.00 e. The van der Waals surface area contributed by atoms with Crippen molar-refractivity contribution in [2.24, 2.45) is 0 Å². The Morgan fingerprint density at radius 2 is 2.40 bits per heavy atom. The maximum absolute atomic E-state index is 10.5. The summed E-state index contributed by atoms with van der Waals surface area (Å²) in [5, 5.41) is 11.2. The number of ether oxygens (including phenoxy) is 1. The number of aromatic nitrogens is 1. The number of nitro groups is 1. The Labute approximate surface area is 105 Å². The molecule has 1 aromatic rings. The highest BCUT2D eigenvalue weighted by Gasteiger charge is 2.31. The number of alkyl halides is 1. The average Bonchev–Trinajstić information content (AvgIpc) is 2.58. The maximum atomic E-state index is 10.5. The summed E-state index contributed by atoms with van der Waals surface area (Å²) in [6, 6.07) is 3.07. The summed E-state index contributed by atoms with van der Waals surface area (Å²) < 4.78 is 7.24. The van der Waals surface area contributed by atoms with Crippen LogP contribution in [0.15, 0.2) is 18.3 Å². The third kappa shape index (κ3) is 2.46. The zero-order chi connectivity index (χ0) is 10.1. The first-order valence-electron chi connectivity index (χ1n) is 4.11. The molecule has 0 fully saturated rings. The van der Waals surface area contributed by atoms with Gasteiger partial charge in [0.2, 0.25) is 6.20 Å². The van der Waals surface area contributed by atoms with E-state index in [0.29, 0.717) is 12.4 Å². The lowest BCUT2D eigenvalue weighted by molar-refractivity contribution is -0.684. The van der Waals surface area contributed by atoms with E-state index in [0.717, 1.165) is 5.33 Å². The van der Waals surface area contributed by atoms with Crippen LogP contribution in [0.25, 0.3) is 0 Å². The Balaban J connectivity index is 0.00000112. The highest BCUT2D eigenvalue weighted by Crippen LogP contribution is 2.18. The molecule has 0 saturated carbocycles. The van der Waals surface area contributed by atoms with Gasteiger partial charge in [0.05, 0.1) is 11.0 Å². The summed E-state index contributed by atoms with van der Waals surface area (Å²) >= 11 is 3.31. The van der Waals surface area contributed by atoms with Crippen molar-refractivity contribution in [2.45, 2.75) is 12.6 Å². The van der Waals surface area contributed by atoms with Crippen LogP contribution in [0.2, 0.25) is 0 Å². The van der Waals surface area contributed by atoms with E-state index < -0.39 is 4.92 Å². The fourth-order valence-electron chi connectivity index (χ4n) is 1.38. The fourth-order valence-corrected chi connectivity index (χ4v) is 1.72. The molecule has 0 N–H and O–H groups in total. The second-order valence-electron chi connectivity index (χ2n) is 3.03. The van der Waals surface area contributed by atoms with Gasteiger partial charge in [-0.3, -0.25) is 10.1 Å². The molecule has 7 heteroatoms. The fraction of sp³-hybridized carbons (Fsp3) is 0.375. The molecule has 1 atom stereocenters. The maximum Gasteiger partial charge on any atom is 0.368 e. The molecule has 1 aliphatic rings. The van der Waals surface area contributed by atoms with Crippen molar-refractivity contribution in [2.75, 3.05) is 5.33 Å². The Morgan fingerprint density at radius 3 is 3.00 bits per heavy atom. The normalized spacial score (nSPS) is 17.5. The molecule has 0 aromatic carbocycles. The highest BCUT2D eigenvalue weighted by molar-refractivity contribution is 9.09. The molecular formula is C8H8Br2N2O3. The minimum absolute atomic E-state index is 0. The second kappa shape index (κ2) is 4.89. The first-order chi connectivity index (χ1) is 6.70. The van der Waals surface area contributed by atoms with Gasteiger partial charge in [0.15, 0.2) is 12.6 Å². The van der Waals surface area contributed by atoms with Crippen LogP contribution in [0.5, 0.6) is 5.88 Å². The van der Waals surface area contributed by atoms with Gasteiger partial charge in [0.1, 0.15) is 0 Å². The first-order valence-corrected chi connectivity index (χ1v) is 5.23. The van der Waals surface area contributed by atoms with Gasteiger partial charge in [-0.15, -0.1) is 0 Å². The number of fused-ring (bicyclic) bond motifs is 1. The van der Waals surface area contributed by atoms with E-state index in [9.17, 15) is 10.1 Å². The third-order valence-electron chi connectivity index (χ3n) is 2.04. The topological polar surface area (TPSA) is 56.2 Å². The lowest BCUT2D eigenvalue weighted by Gasteiger charge is -1.96. The van der Waals surface area contributed by atoms with Gasteiger partial charge in [-0.1, -0.05) is 15.9 Å². The van der Waals surface area contributed by atoms with E-state index in [1.807, 2.05) is 0 Å². The minimum atomic E-state index is -0.408. The van der Waals surface area contributed by atoms with Crippen molar-refractivity contribution in [1.29, 1.82) is 0 Å². The van der Waals surface area contributed by atoms with E-state index in [1.165, 1.54) is 12.3 Å². The van der Waals surface area contributed by atoms with Crippen LogP contribution >= 0.6 is 15.9 Å². The van der Waals surface area contributed by atoms with Crippen molar-refractivity contribution < 1.29 is 31.2 Å². The first kappa shape index (κ1) is 12.4. The van der Waals surface area contributed by atoms with Crippen molar-refractivity contribution in [3.63, 3.8) is 0 Å². The Bertz CT molecular complexity index is 386. The Kier molecular flexibility index (Phi) is 4.04. The van der Waals surface area contributed by atoms with E-state index in [4.69, 9.17) is 4.74 Å². The molecule has 82 valence electrons. The van der Waals surface area contributed by atoms with Gasteiger partial charge in [-0.05, 0) is 0 Å². The summed E-state index contributed by atoms with van der Waals surface area (Å²) in [5.74, 6) is 0.681. The SMILES string of the molecule is O=[N+]([O-])c1ccc2[n+](c1)CC(CBr)O2.[Br-]. The zero-order valence-corrected chi connectivity index (χ0v) is 10.8. The van der Waals surface area contributed by atoms with Crippen molar-refractivity contribution in [3.8, 4) is 5.88 Å². The number of rotatable bonds is 2.